The summed E-state index contributed by atoms with van der Waals surface area (Å²) in [6.07, 6.45) is 0.357. The second-order valence-corrected chi connectivity index (χ2v) is 6.40. The molecule has 2 aromatic carbocycles. The van der Waals surface area contributed by atoms with Crippen molar-refractivity contribution >= 4 is 34.8 Å². The zero-order valence-electron chi connectivity index (χ0n) is 14.5. The maximum atomic E-state index is 12.3. The quantitative estimate of drug-likeness (QED) is 0.830. The van der Waals surface area contributed by atoms with E-state index in [0.717, 1.165) is 11.3 Å². The summed E-state index contributed by atoms with van der Waals surface area (Å²) < 4.78 is 0. The Morgan fingerprint density at radius 1 is 1.08 bits per heavy atom. The average molecular weight is 360 g/mol. The molecule has 1 atom stereocenters. The van der Waals surface area contributed by atoms with Gasteiger partial charge in [-0.2, -0.15) is 0 Å². The first-order chi connectivity index (χ1) is 11.9. The number of amides is 2. The Bertz CT molecular complexity index is 745. The maximum Gasteiger partial charge on any atom is 0.246 e. The lowest BCUT2D eigenvalue weighted by Crippen LogP contribution is -2.31. The molecule has 132 valence electrons. The lowest BCUT2D eigenvalue weighted by atomic mass is 10.1. The maximum absolute atomic E-state index is 12.3. The van der Waals surface area contributed by atoms with E-state index in [1.54, 1.807) is 38.1 Å². The van der Waals surface area contributed by atoms with Gasteiger partial charge in [-0.3, -0.25) is 9.59 Å². The summed E-state index contributed by atoms with van der Waals surface area (Å²) in [6, 6.07) is 14.1. The van der Waals surface area contributed by atoms with Gasteiger partial charge in [0.2, 0.25) is 11.8 Å². The highest BCUT2D eigenvalue weighted by Crippen LogP contribution is 2.21. The van der Waals surface area contributed by atoms with Crippen molar-refractivity contribution in [3.63, 3.8) is 0 Å². The molecule has 6 heteroatoms. The number of likely N-dealkylation sites (N-methyl/N-ethyl adjacent to an activating group) is 1. The molecule has 0 aliphatic heterocycles. The van der Waals surface area contributed by atoms with Crippen LogP contribution in [0.2, 0.25) is 5.02 Å². The van der Waals surface area contributed by atoms with E-state index in [0.29, 0.717) is 17.1 Å². The Labute approximate surface area is 153 Å². The Kier molecular flexibility index (Phi) is 6.42. The fourth-order valence-electron chi connectivity index (χ4n) is 2.17. The van der Waals surface area contributed by atoms with Crippen LogP contribution in [0.3, 0.4) is 0 Å². The minimum atomic E-state index is -0.439. The first kappa shape index (κ1) is 18.8. The molecular formula is C19H22ClN3O2. The number of nitrogens with zero attached hydrogens (tertiary/aromatic N) is 1. The number of rotatable bonds is 6. The van der Waals surface area contributed by atoms with Crippen LogP contribution in [-0.2, 0) is 16.0 Å². The lowest BCUT2D eigenvalue weighted by molar-refractivity contribution is -0.128. The minimum Gasteiger partial charge on any atom is -0.374 e. The minimum absolute atomic E-state index is 0.0493. The summed E-state index contributed by atoms with van der Waals surface area (Å²) in [7, 11) is 3.47. The van der Waals surface area contributed by atoms with Crippen LogP contribution in [0.5, 0.6) is 0 Å². The van der Waals surface area contributed by atoms with Gasteiger partial charge in [0, 0.05) is 19.8 Å². The third kappa shape index (κ3) is 5.50. The molecule has 0 aliphatic carbocycles. The van der Waals surface area contributed by atoms with Gasteiger partial charge in [0.25, 0.3) is 0 Å². The van der Waals surface area contributed by atoms with E-state index in [9.17, 15) is 9.59 Å². The second kappa shape index (κ2) is 8.53. The van der Waals surface area contributed by atoms with Crippen molar-refractivity contribution in [2.75, 3.05) is 24.7 Å². The highest BCUT2D eigenvalue weighted by Gasteiger charge is 2.14. The largest absolute Gasteiger partial charge is 0.374 e. The molecule has 0 fully saturated rings. The van der Waals surface area contributed by atoms with Crippen molar-refractivity contribution in [2.45, 2.75) is 19.4 Å². The number of hydrogen-bond donors (Lipinski definition) is 2. The zero-order valence-corrected chi connectivity index (χ0v) is 15.3. The number of nitrogens with one attached hydrogen (secondary N) is 2. The number of benzene rings is 2. The van der Waals surface area contributed by atoms with Crippen LogP contribution in [0.15, 0.2) is 48.5 Å². The van der Waals surface area contributed by atoms with E-state index >= 15 is 0 Å². The zero-order chi connectivity index (χ0) is 18.4. The normalized spacial score (nSPS) is 11.5. The van der Waals surface area contributed by atoms with Gasteiger partial charge in [0.05, 0.1) is 17.1 Å². The van der Waals surface area contributed by atoms with Gasteiger partial charge < -0.3 is 15.5 Å². The molecule has 0 bridgehead atoms. The molecule has 0 spiro atoms. The summed E-state index contributed by atoms with van der Waals surface area (Å²) in [4.78, 5) is 25.5. The number of carbonyl (C=O) groups excluding carboxylic acids is 2. The van der Waals surface area contributed by atoms with Gasteiger partial charge in [-0.05, 0) is 36.8 Å². The van der Waals surface area contributed by atoms with Gasteiger partial charge in [0.1, 0.15) is 6.04 Å². The molecule has 2 aromatic rings. The predicted molar refractivity (Wildman–Crippen MR) is 102 cm³/mol. The molecule has 0 aliphatic rings. The third-order valence-corrected chi connectivity index (χ3v) is 4.05. The van der Waals surface area contributed by atoms with Crippen LogP contribution < -0.4 is 10.6 Å². The summed E-state index contributed by atoms with van der Waals surface area (Å²) >= 11 is 6.05. The standard InChI is InChI=1S/C19H22ClN3O2/c1-13(19(25)22-17-7-5-4-6-16(17)20)21-15-10-8-14(9-11-15)12-18(24)23(2)3/h4-11,13,21H,12H2,1-3H3,(H,22,25)/t13-/m1/s1. The molecular weight excluding hydrogens is 338 g/mol. The van der Waals surface area contributed by atoms with Crippen molar-refractivity contribution in [3.8, 4) is 0 Å². The van der Waals surface area contributed by atoms with E-state index in [1.165, 1.54) is 0 Å². The van der Waals surface area contributed by atoms with E-state index < -0.39 is 6.04 Å². The monoisotopic (exact) mass is 359 g/mol. The van der Waals surface area contributed by atoms with E-state index in [-0.39, 0.29) is 11.8 Å². The highest BCUT2D eigenvalue weighted by atomic mass is 35.5. The summed E-state index contributed by atoms with van der Waals surface area (Å²) in [5, 5.41) is 6.43. The fraction of sp³-hybridized carbons (Fsp3) is 0.263. The van der Waals surface area contributed by atoms with E-state index in [2.05, 4.69) is 10.6 Å². The molecule has 0 radical (unpaired) electrons. The van der Waals surface area contributed by atoms with Crippen LogP contribution in [-0.4, -0.2) is 36.9 Å². The summed E-state index contributed by atoms with van der Waals surface area (Å²) in [5.74, 6) is -0.131. The number of hydrogen-bond acceptors (Lipinski definition) is 3. The Hall–Kier alpha value is -2.53. The molecule has 25 heavy (non-hydrogen) atoms. The van der Waals surface area contributed by atoms with Crippen LogP contribution >= 0.6 is 11.6 Å². The van der Waals surface area contributed by atoms with E-state index in [1.807, 2.05) is 36.4 Å². The number of halogens is 1. The first-order valence-corrected chi connectivity index (χ1v) is 8.35. The molecule has 0 unspecified atom stereocenters. The molecule has 0 heterocycles. The van der Waals surface area contributed by atoms with Crippen molar-refractivity contribution in [1.29, 1.82) is 0 Å². The topological polar surface area (TPSA) is 61.4 Å². The Morgan fingerprint density at radius 2 is 1.72 bits per heavy atom. The van der Waals surface area contributed by atoms with Crippen LogP contribution in [0.25, 0.3) is 0 Å². The molecule has 2 amide bonds. The Morgan fingerprint density at radius 3 is 2.32 bits per heavy atom. The van der Waals surface area contributed by atoms with E-state index in [4.69, 9.17) is 11.6 Å². The summed E-state index contributed by atoms with van der Waals surface area (Å²) in [6.45, 7) is 1.77. The van der Waals surface area contributed by atoms with Crippen molar-refractivity contribution < 1.29 is 9.59 Å². The predicted octanol–water partition coefficient (Wildman–Crippen LogP) is 3.41. The number of carbonyl (C=O) groups is 2. The van der Waals surface area contributed by atoms with Gasteiger partial charge in [-0.25, -0.2) is 0 Å². The van der Waals surface area contributed by atoms with Gasteiger partial charge in [0.15, 0.2) is 0 Å². The van der Waals surface area contributed by atoms with Gasteiger partial charge in [-0.15, -0.1) is 0 Å². The molecule has 2 rings (SSSR count). The molecule has 0 saturated carbocycles. The first-order valence-electron chi connectivity index (χ1n) is 7.98. The molecule has 0 aromatic heterocycles. The summed E-state index contributed by atoms with van der Waals surface area (Å²) in [5.41, 5.74) is 2.32. The molecule has 5 nitrogen and oxygen atoms in total. The number of anilines is 2. The number of para-hydroxylation sites is 1. The average Bonchev–Trinajstić information content (AvgIpc) is 2.58. The Balaban J connectivity index is 1.93. The van der Waals surface area contributed by atoms with Gasteiger partial charge >= 0.3 is 0 Å². The van der Waals surface area contributed by atoms with Crippen LogP contribution in [0.4, 0.5) is 11.4 Å². The highest BCUT2D eigenvalue weighted by molar-refractivity contribution is 6.33. The molecule has 2 N–H and O–H groups in total. The van der Waals surface area contributed by atoms with Crippen molar-refractivity contribution in [3.05, 3.63) is 59.1 Å². The van der Waals surface area contributed by atoms with Crippen LogP contribution in [0, 0.1) is 0 Å². The van der Waals surface area contributed by atoms with Crippen molar-refractivity contribution in [2.24, 2.45) is 0 Å². The smallest absolute Gasteiger partial charge is 0.246 e. The SMILES string of the molecule is C[C@@H](Nc1ccc(CC(=O)N(C)C)cc1)C(=O)Nc1ccccc1Cl. The third-order valence-electron chi connectivity index (χ3n) is 3.72. The van der Waals surface area contributed by atoms with Gasteiger partial charge in [-0.1, -0.05) is 35.9 Å². The lowest BCUT2D eigenvalue weighted by Gasteiger charge is -2.16. The molecule has 0 saturated heterocycles. The fourth-order valence-corrected chi connectivity index (χ4v) is 2.35. The second-order valence-electron chi connectivity index (χ2n) is 6.00. The van der Waals surface area contributed by atoms with Crippen molar-refractivity contribution in [1.82, 2.24) is 4.90 Å². The van der Waals surface area contributed by atoms with Crippen LogP contribution in [0.1, 0.15) is 12.5 Å².